The summed E-state index contributed by atoms with van der Waals surface area (Å²) in [5, 5.41) is 3.02. The first-order chi connectivity index (χ1) is 19.3. The minimum atomic E-state index is -0.299. The predicted molar refractivity (Wildman–Crippen MR) is 158 cm³/mol. The van der Waals surface area contributed by atoms with Gasteiger partial charge in [-0.2, -0.15) is 0 Å². The Morgan fingerprint density at radius 1 is 0.925 bits per heavy atom. The van der Waals surface area contributed by atoms with Gasteiger partial charge in [0.15, 0.2) is 0 Å². The molecule has 1 aliphatic rings. The van der Waals surface area contributed by atoms with Crippen molar-refractivity contribution in [2.75, 3.05) is 18.4 Å². The van der Waals surface area contributed by atoms with Gasteiger partial charge in [-0.05, 0) is 86.8 Å². The van der Waals surface area contributed by atoms with Crippen molar-refractivity contribution < 1.29 is 14.3 Å². The van der Waals surface area contributed by atoms with E-state index in [2.05, 4.69) is 16.0 Å². The summed E-state index contributed by atoms with van der Waals surface area (Å²) < 4.78 is 8.29. The lowest BCUT2D eigenvalue weighted by Gasteiger charge is -2.39. The maximum absolute atomic E-state index is 13.9. The van der Waals surface area contributed by atoms with Crippen LogP contribution in [0.5, 0.6) is 11.5 Å². The van der Waals surface area contributed by atoms with E-state index in [1.54, 1.807) is 4.90 Å². The van der Waals surface area contributed by atoms with Crippen molar-refractivity contribution in [1.29, 1.82) is 0 Å². The Kier molecular flexibility index (Phi) is 7.91. The van der Waals surface area contributed by atoms with Crippen molar-refractivity contribution in [3.05, 3.63) is 114 Å². The largest absolute Gasteiger partial charge is 0.457 e. The molecular weight excluding hydrogens is 500 g/mol. The Morgan fingerprint density at radius 3 is 2.45 bits per heavy atom. The number of nitrogens with one attached hydrogen (secondary N) is 1. The van der Waals surface area contributed by atoms with Crippen LogP contribution in [0.1, 0.15) is 42.3 Å². The lowest BCUT2D eigenvalue weighted by atomic mass is 9.99. The summed E-state index contributed by atoms with van der Waals surface area (Å²) in [6.07, 6.45) is 2.05. The van der Waals surface area contributed by atoms with Crippen molar-refractivity contribution >= 4 is 17.6 Å². The predicted octanol–water partition coefficient (Wildman–Crippen LogP) is 6.77. The summed E-state index contributed by atoms with van der Waals surface area (Å²) in [4.78, 5) is 30.8. The number of carbonyl (C=O) groups is 2. The third-order valence-corrected chi connectivity index (χ3v) is 7.55. The summed E-state index contributed by atoms with van der Waals surface area (Å²) in [5.41, 5.74) is 4.86. The number of amides is 3. The number of urea groups is 1. The molecule has 1 unspecified atom stereocenters. The third-order valence-electron chi connectivity index (χ3n) is 7.55. The highest BCUT2D eigenvalue weighted by molar-refractivity contribution is 5.93. The molecule has 5 rings (SSSR count). The van der Waals surface area contributed by atoms with Crippen molar-refractivity contribution in [3.8, 4) is 11.5 Å². The minimum Gasteiger partial charge on any atom is -0.457 e. The molecule has 4 aromatic rings. The van der Waals surface area contributed by atoms with Crippen LogP contribution in [-0.2, 0) is 11.3 Å². The number of carbonyl (C=O) groups excluding carboxylic acids is 2. The van der Waals surface area contributed by atoms with Crippen molar-refractivity contribution in [3.63, 3.8) is 0 Å². The first kappa shape index (κ1) is 27.1. The van der Waals surface area contributed by atoms with Gasteiger partial charge in [-0.25, -0.2) is 4.79 Å². The van der Waals surface area contributed by atoms with Gasteiger partial charge in [0.25, 0.3) is 0 Å². The van der Waals surface area contributed by atoms with Gasteiger partial charge in [-0.3, -0.25) is 4.79 Å². The fourth-order valence-electron chi connectivity index (χ4n) is 5.17. The number of rotatable bonds is 7. The number of hydrogen-bond donors (Lipinski definition) is 1. The first-order valence-corrected chi connectivity index (χ1v) is 13.7. The molecule has 1 aromatic heterocycles. The second kappa shape index (κ2) is 11.7. The number of aromatic nitrogens is 1. The molecule has 3 amide bonds. The third kappa shape index (κ3) is 5.73. The second-order valence-corrected chi connectivity index (χ2v) is 10.5. The number of benzene rings is 3. The monoisotopic (exact) mass is 536 g/mol. The number of anilines is 1. The molecule has 40 heavy (non-hydrogen) atoms. The first-order valence-electron chi connectivity index (χ1n) is 13.7. The van der Waals surface area contributed by atoms with Gasteiger partial charge in [0.2, 0.25) is 5.91 Å². The zero-order valence-corrected chi connectivity index (χ0v) is 23.5. The molecule has 7 nitrogen and oxygen atoms in total. The van der Waals surface area contributed by atoms with Gasteiger partial charge in [0, 0.05) is 36.7 Å². The van der Waals surface area contributed by atoms with E-state index in [-0.39, 0.29) is 30.6 Å². The van der Waals surface area contributed by atoms with E-state index in [4.69, 9.17) is 4.74 Å². The number of para-hydroxylation sites is 1. The summed E-state index contributed by atoms with van der Waals surface area (Å²) >= 11 is 0. The fourth-order valence-corrected chi connectivity index (χ4v) is 5.17. The zero-order valence-electron chi connectivity index (χ0n) is 23.5. The molecule has 0 fully saturated rings. The van der Waals surface area contributed by atoms with E-state index in [1.165, 1.54) is 0 Å². The van der Waals surface area contributed by atoms with Gasteiger partial charge < -0.3 is 24.4 Å². The Balaban J connectivity index is 1.40. The van der Waals surface area contributed by atoms with E-state index in [0.717, 1.165) is 33.8 Å². The molecular formula is C33H36N4O3. The molecule has 0 spiro atoms. The number of aryl methyl sites for hydroxylation is 1. The highest BCUT2D eigenvalue weighted by Crippen LogP contribution is 2.35. The summed E-state index contributed by atoms with van der Waals surface area (Å²) in [7, 11) is 0. The molecule has 0 saturated heterocycles. The van der Waals surface area contributed by atoms with Crippen LogP contribution in [0.3, 0.4) is 0 Å². The summed E-state index contributed by atoms with van der Waals surface area (Å²) in [6.45, 7) is 9.07. The number of hydrogen-bond acceptors (Lipinski definition) is 3. The van der Waals surface area contributed by atoms with Crippen molar-refractivity contribution in [2.45, 2.75) is 46.3 Å². The average Bonchev–Trinajstić information content (AvgIpc) is 3.43. The molecule has 1 aliphatic heterocycles. The minimum absolute atomic E-state index is 0.0220. The van der Waals surface area contributed by atoms with Gasteiger partial charge in [0.05, 0.1) is 6.04 Å². The van der Waals surface area contributed by atoms with E-state index in [9.17, 15) is 9.59 Å². The van der Waals surface area contributed by atoms with Crippen LogP contribution in [0.2, 0.25) is 0 Å². The molecule has 206 valence electrons. The summed E-state index contributed by atoms with van der Waals surface area (Å²) in [5.74, 6) is 1.36. The molecule has 1 atom stereocenters. The van der Waals surface area contributed by atoms with Crippen LogP contribution >= 0.6 is 0 Å². The van der Waals surface area contributed by atoms with Gasteiger partial charge in [0.1, 0.15) is 18.0 Å². The topological polar surface area (TPSA) is 66.8 Å². The van der Waals surface area contributed by atoms with E-state index in [1.807, 2.05) is 118 Å². The molecule has 7 heteroatoms. The summed E-state index contributed by atoms with van der Waals surface area (Å²) in [6, 6.07) is 26.7. The van der Waals surface area contributed by atoms with Crippen LogP contribution in [0.25, 0.3) is 0 Å². The Bertz CT molecular complexity index is 1490. The molecule has 0 aliphatic carbocycles. The second-order valence-electron chi connectivity index (χ2n) is 10.5. The number of fused-ring (bicyclic) bond motifs is 1. The van der Waals surface area contributed by atoms with Crippen molar-refractivity contribution in [2.24, 2.45) is 0 Å². The lowest BCUT2D eigenvalue weighted by Crippen LogP contribution is -2.50. The van der Waals surface area contributed by atoms with E-state index in [0.29, 0.717) is 18.8 Å². The van der Waals surface area contributed by atoms with E-state index >= 15 is 0 Å². The molecule has 0 saturated carbocycles. The number of ether oxygens (including phenoxy) is 1. The Hall–Kier alpha value is -4.52. The standard InChI is InChI=1S/C33H36N4O3/c1-23(2)37(33(39)34-29-16-8-11-24(3)25(29)4)22-31(38)36-20-19-35-18-10-17-30(35)32(36)26-12-9-15-28(21-26)40-27-13-6-5-7-14-27/h5-18,21,23,32H,19-20,22H2,1-4H3,(H,34,39). The molecule has 2 heterocycles. The van der Waals surface area contributed by atoms with Crippen LogP contribution in [0.4, 0.5) is 10.5 Å². The van der Waals surface area contributed by atoms with Crippen LogP contribution < -0.4 is 10.1 Å². The SMILES string of the molecule is Cc1cccc(NC(=O)N(CC(=O)N2CCn3cccc3C2c2cccc(Oc3ccccc3)c2)C(C)C)c1C. The Morgan fingerprint density at radius 2 is 1.68 bits per heavy atom. The van der Waals surface area contributed by atoms with Gasteiger partial charge >= 0.3 is 6.03 Å². The molecule has 0 bridgehead atoms. The quantitative estimate of drug-likeness (QED) is 0.283. The lowest BCUT2D eigenvalue weighted by molar-refractivity contribution is -0.134. The zero-order chi connectivity index (χ0) is 28.2. The van der Waals surface area contributed by atoms with Crippen molar-refractivity contribution in [1.82, 2.24) is 14.4 Å². The maximum atomic E-state index is 13.9. The van der Waals surface area contributed by atoms with E-state index < -0.39 is 0 Å². The van der Waals surface area contributed by atoms with Crippen LogP contribution in [0.15, 0.2) is 91.1 Å². The Labute approximate surface area is 236 Å². The fraction of sp³-hybridized carbons (Fsp3) is 0.273. The molecule has 0 radical (unpaired) electrons. The van der Waals surface area contributed by atoms with Gasteiger partial charge in [-0.15, -0.1) is 0 Å². The normalized spacial score (nSPS) is 14.5. The smallest absolute Gasteiger partial charge is 0.322 e. The highest BCUT2D eigenvalue weighted by atomic mass is 16.5. The highest BCUT2D eigenvalue weighted by Gasteiger charge is 2.34. The molecule has 1 N–H and O–H groups in total. The number of nitrogens with zero attached hydrogens (tertiary/aromatic N) is 3. The van der Waals surface area contributed by atoms with Crippen LogP contribution in [-0.4, -0.2) is 45.4 Å². The maximum Gasteiger partial charge on any atom is 0.322 e. The van der Waals surface area contributed by atoms with Gasteiger partial charge in [-0.1, -0.05) is 42.5 Å². The average molecular weight is 537 g/mol. The molecule has 3 aromatic carbocycles. The van der Waals surface area contributed by atoms with Crippen LogP contribution in [0, 0.1) is 13.8 Å².